The van der Waals surface area contributed by atoms with Crippen LogP contribution in [0.2, 0.25) is 0 Å². The Kier molecular flexibility index (Phi) is 3.47. The maximum Gasteiger partial charge on any atom is 0.308 e. The summed E-state index contributed by atoms with van der Waals surface area (Å²) in [5, 5.41) is 10.9. The van der Waals surface area contributed by atoms with Gasteiger partial charge in [0.15, 0.2) is 0 Å². The van der Waals surface area contributed by atoms with Crippen LogP contribution in [0.5, 0.6) is 0 Å². The number of rotatable bonds is 4. The third-order valence-corrected chi connectivity index (χ3v) is 4.02. The molecule has 2 heterocycles. The molecule has 0 bridgehead atoms. The monoisotopic (exact) mass is 253 g/mol. The van der Waals surface area contributed by atoms with Gasteiger partial charge >= 0.3 is 5.97 Å². The zero-order chi connectivity index (χ0) is 12.4. The molecule has 5 heteroatoms. The number of carboxylic acid groups (broad SMARTS) is 1. The molecule has 0 aromatic carbocycles. The number of hydrogen-bond donors (Lipinski definition) is 1. The predicted molar refractivity (Wildman–Crippen MR) is 64.9 cm³/mol. The first-order valence-corrected chi connectivity index (χ1v) is 6.50. The highest BCUT2D eigenvalue weighted by atomic mass is 32.1. The molecule has 0 saturated carbocycles. The van der Waals surface area contributed by atoms with Crippen molar-refractivity contribution in [1.29, 1.82) is 0 Å². The van der Waals surface area contributed by atoms with Crippen molar-refractivity contribution >= 4 is 23.2 Å². The number of thiophene rings is 1. The molecule has 1 amide bonds. The predicted octanol–water partition coefficient (Wildman–Crippen LogP) is 1.61. The van der Waals surface area contributed by atoms with E-state index in [1.54, 1.807) is 16.2 Å². The summed E-state index contributed by atoms with van der Waals surface area (Å²) in [5.74, 6) is -1.45. The van der Waals surface area contributed by atoms with E-state index in [2.05, 4.69) is 0 Å². The van der Waals surface area contributed by atoms with Gasteiger partial charge in [0, 0.05) is 30.3 Å². The van der Waals surface area contributed by atoms with E-state index >= 15 is 0 Å². The number of nitrogens with zero attached hydrogens (tertiary/aromatic N) is 1. The SMILES string of the molecule is CC(Cc1cccs1)N1CC(C(=O)O)CC1=O. The minimum Gasteiger partial charge on any atom is -0.481 e. The molecule has 2 unspecified atom stereocenters. The highest BCUT2D eigenvalue weighted by Gasteiger charge is 2.36. The van der Waals surface area contributed by atoms with E-state index in [1.165, 1.54) is 4.88 Å². The van der Waals surface area contributed by atoms with E-state index in [9.17, 15) is 9.59 Å². The van der Waals surface area contributed by atoms with E-state index in [4.69, 9.17) is 5.11 Å². The molecular weight excluding hydrogens is 238 g/mol. The Labute approximate surface area is 104 Å². The van der Waals surface area contributed by atoms with Crippen molar-refractivity contribution in [2.24, 2.45) is 5.92 Å². The summed E-state index contributed by atoms with van der Waals surface area (Å²) >= 11 is 1.66. The van der Waals surface area contributed by atoms with Gasteiger partial charge in [0.05, 0.1) is 5.92 Å². The van der Waals surface area contributed by atoms with Gasteiger partial charge in [-0.05, 0) is 18.4 Å². The summed E-state index contributed by atoms with van der Waals surface area (Å²) in [4.78, 5) is 25.5. The summed E-state index contributed by atoms with van der Waals surface area (Å²) in [6, 6.07) is 4.10. The average Bonchev–Trinajstić information content (AvgIpc) is 2.86. The maximum absolute atomic E-state index is 11.7. The molecule has 0 aliphatic carbocycles. The number of aliphatic carboxylic acids is 1. The van der Waals surface area contributed by atoms with Crippen LogP contribution in [-0.4, -0.2) is 34.5 Å². The first-order valence-electron chi connectivity index (χ1n) is 5.62. The maximum atomic E-state index is 11.7. The van der Waals surface area contributed by atoms with E-state index in [0.717, 1.165) is 6.42 Å². The summed E-state index contributed by atoms with van der Waals surface area (Å²) in [5.41, 5.74) is 0. The van der Waals surface area contributed by atoms with Gasteiger partial charge in [-0.3, -0.25) is 9.59 Å². The van der Waals surface area contributed by atoms with E-state index < -0.39 is 11.9 Å². The van der Waals surface area contributed by atoms with Crippen LogP contribution in [-0.2, 0) is 16.0 Å². The summed E-state index contributed by atoms with van der Waals surface area (Å²) in [6.45, 7) is 2.32. The molecule has 2 atom stereocenters. The van der Waals surface area contributed by atoms with Gasteiger partial charge in [0.1, 0.15) is 0 Å². The standard InChI is InChI=1S/C12H15NO3S/c1-8(5-10-3-2-4-17-10)13-7-9(12(15)16)6-11(13)14/h2-4,8-9H,5-7H2,1H3,(H,15,16). The van der Waals surface area contributed by atoms with Crippen molar-refractivity contribution in [2.45, 2.75) is 25.8 Å². The number of carbonyl (C=O) groups excluding carboxylic acids is 1. The molecule has 0 radical (unpaired) electrons. The second-order valence-corrected chi connectivity index (χ2v) is 5.45. The highest BCUT2D eigenvalue weighted by molar-refractivity contribution is 7.09. The fourth-order valence-corrected chi connectivity index (χ4v) is 2.98. The molecule has 2 rings (SSSR count). The van der Waals surface area contributed by atoms with Crippen molar-refractivity contribution in [3.05, 3.63) is 22.4 Å². The Hall–Kier alpha value is -1.36. The second-order valence-electron chi connectivity index (χ2n) is 4.42. The van der Waals surface area contributed by atoms with Crippen LogP contribution < -0.4 is 0 Å². The Balaban J connectivity index is 1.98. The normalized spacial score (nSPS) is 21.8. The first-order chi connectivity index (χ1) is 8.08. The van der Waals surface area contributed by atoms with Crippen LogP contribution in [0.4, 0.5) is 0 Å². The Morgan fingerprint density at radius 3 is 3.00 bits per heavy atom. The molecule has 1 aliphatic heterocycles. The lowest BCUT2D eigenvalue weighted by molar-refractivity contribution is -0.141. The van der Waals surface area contributed by atoms with Gasteiger partial charge in [-0.2, -0.15) is 0 Å². The van der Waals surface area contributed by atoms with Crippen molar-refractivity contribution in [1.82, 2.24) is 4.90 Å². The Bertz CT molecular complexity index is 415. The van der Waals surface area contributed by atoms with E-state index in [-0.39, 0.29) is 18.4 Å². The van der Waals surface area contributed by atoms with E-state index in [0.29, 0.717) is 6.54 Å². The number of amides is 1. The molecule has 4 nitrogen and oxygen atoms in total. The topological polar surface area (TPSA) is 57.6 Å². The van der Waals surface area contributed by atoms with Crippen LogP contribution in [0.15, 0.2) is 17.5 Å². The smallest absolute Gasteiger partial charge is 0.308 e. The van der Waals surface area contributed by atoms with Gasteiger partial charge in [0.25, 0.3) is 0 Å². The first kappa shape index (κ1) is 12.1. The van der Waals surface area contributed by atoms with Crippen molar-refractivity contribution in [2.75, 3.05) is 6.54 Å². The summed E-state index contributed by atoms with van der Waals surface area (Å²) in [6.07, 6.45) is 0.944. The number of likely N-dealkylation sites (tertiary alicyclic amines) is 1. The molecule has 1 aromatic rings. The largest absolute Gasteiger partial charge is 0.481 e. The zero-order valence-electron chi connectivity index (χ0n) is 9.63. The fourth-order valence-electron chi connectivity index (χ4n) is 2.15. The molecule has 1 aliphatic rings. The molecule has 92 valence electrons. The van der Waals surface area contributed by atoms with Gasteiger partial charge in [-0.15, -0.1) is 11.3 Å². The lowest BCUT2D eigenvalue weighted by Gasteiger charge is -2.24. The molecule has 0 spiro atoms. The molecule has 1 saturated heterocycles. The van der Waals surface area contributed by atoms with Crippen LogP contribution in [0.25, 0.3) is 0 Å². The fraction of sp³-hybridized carbons (Fsp3) is 0.500. The van der Waals surface area contributed by atoms with E-state index in [1.807, 2.05) is 24.4 Å². The quantitative estimate of drug-likeness (QED) is 0.887. The lowest BCUT2D eigenvalue weighted by atomic mass is 10.1. The molecule has 1 fully saturated rings. The van der Waals surface area contributed by atoms with Crippen LogP contribution >= 0.6 is 11.3 Å². The molecule has 1 N–H and O–H groups in total. The van der Waals surface area contributed by atoms with Crippen molar-refractivity contribution in [3.63, 3.8) is 0 Å². The summed E-state index contributed by atoms with van der Waals surface area (Å²) < 4.78 is 0. The highest BCUT2D eigenvalue weighted by Crippen LogP contribution is 2.23. The zero-order valence-corrected chi connectivity index (χ0v) is 10.4. The number of hydrogen-bond acceptors (Lipinski definition) is 3. The number of carbonyl (C=O) groups is 2. The van der Waals surface area contributed by atoms with Crippen LogP contribution in [0.1, 0.15) is 18.2 Å². The van der Waals surface area contributed by atoms with Gasteiger partial charge in [0.2, 0.25) is 5.91 Å². The minimum atomic E-state index is -0.871. The van der Waals surface area contributed by atoms with Gasteiger partial charge < -0.3 is 10.0 Å². The van der Waals surface area contributed by atoms with Crippen molar-refractivity contribution < 1.29 is 14.7 Å². The third kappa shape index (κ3) is 2.66. The Morgan fingerprint density at radius 1 is 1.71 bits per heavy atom. The van der Waals surface area contributed by atoms with Crippen molar-refractivity contribution in [3.8, 4) is 0 Å². The second kappa shape index (κ2) is 4.87. The third-order valence-electron chi connectivity index (χ3n) is 3.12. The average molecular weight is 253 g/mol. The Morgan fingerprint density at radius 2 is 2.47 bits per heavy atom. The number of carboxylic acids is 1. The lowest BCUT2D eigenvalue weighted by Crippen LogP contribution is -2.36. The molecular formula is C12H15NO3S. The van der Waals surface area contributed by atoms with Gasteiger partial charge in [-0.25, -0.2) is 0 Å². The molecule has 17 heavy (non-hydrogen) atoms. The molecule has 1 aromatic heterocycles. The van der Waals surface area contributed by atoms with Crippen LogP contribution in [0.3, 0.4) is 0 Å². The van der Waals surface area contributed by atoms with Gasteiger partial charge in [-0.1, -0.05) is 6.07 Å². The minimum absolute atomic E-state index is 0.0403. The van der Waals surface area contributed by atoms with Crippen LogP contribution in [0, 0.1) is 5.92 Å². The summed E-state index contributed by atoms with van der Waals surface area (Å²) in [7, 11) is 0.